The van der Waals surface area contributed by atoms with Gasteiger partial charge in [-0.2, -0.15) is 0 Å². The summed E-state index contributed by atoms with van der Waals surface area (Å²) in [6, 6.07) is 17.5. The Hall–Kier alpha value is -3.10. The number of likely N-dealkylation sites (tertiary alicyclic amines) is 1. The molecule has 1 fully saturated rings. The van der Waals surface area contributed by atoms with E-state index >= 15 is 0 Å². The monoisotopic (exact) mass is 477 g/mol. The quantitative estimate of drug-likeness (QED) is 0.460. The van der Waals surface area contributed by atoms with E-state index in [0.717, 1.165) is 38.0 Å². The smallest absolute Gasteiger partial charge is 0.414 e. The highest BCUT2D eigenvalue weighted by Gasteiger charge is 2.44. The molecule has 1 aliphatic heterocycles. The van der Waals surface area contributed by atoms with Gasteiger partial charge in [-0.25, -0.2) is 9.59 Å². The molecule has 0 saturated carbocycles. The Morgan fingerprint density at radius 3 is 2.09 bits per heavy atom. The molecule has 0 unspecified atom stereocenters. The third kappa shape index (κ3) is 7.47. The Morgan fingerprint density at radius 2 is 1.55 bits per heavy atom. The SMILES string of the molecule is CCOC(=O)C1(c2ccccc2)CCN(CCOc2ccccc2Cl)CC1.O=C(O)C(=O)O. The molecular weight excluding hydrogens is 450 g/mol. The van der Waals surface area contributed by atoms with E-state index in [1.54, 1.807) is 0 Å². The van der Waals surface area contributed by atoms with Crippen molar-refractivity contribution in [1.29, 1.82) is 0 Å². The molecule has 2 N–H and O–H groups in total. The van der Waals surface area contributed by atoms with Crippen molar-refractivity contribution in [3.63, 3.8) is 0 Å². The van der Waals surface area contributed by atoms with Gasteiger partial charge in [0.25, 0.3) is 0 Å². The van der Waals surface area contributed by atoms with Crippen LogP contribution in [0, 0.1) is 0 Å². The number of hydrogen-bond donors (Lipinski definition) is 2. The Labute approximate surface area is 197 Å². The number of ether oxygens (including phenoxy) is 2. The number of rotatable bonds is 7. The molecule has 9 heteroatoms. The van der Waals surface area contributed by atoms with E-state index in [-0.39, 0.29) is 5.97 Å². The minimum Gasteiger partial charge on any atom is -0.491 e. The van der Waals surface area contributed by atoms with Gasteiger partial charge in [-0.3, -0.25) is 9.69 Å². The molecule has 2 aromatic rings. The summed E-state index contributed by atoms with van der Waals surface area (Å²) < 4.78 is 11.2. The summed E-state index contributed by atoms with van der Waals surface area (Å²) in [5, 5.41) is 15.4. The number of aliphatic carboxylic acids is 2. The zero-order valence-electron chi connectivity index (χ0n) is 18.4. The minimum absolute atomic E-state index is 0.108. The lowest BCUT2D eigenvalue weighted by molar-refractivity contribution is -0.159. The van der Waals surface area contributed by atoms with Crippen LogP contribution in [-0.4, -0.2) is 65.9 Å². The molecule has 0 bridgehead atoms. The van der Waals surface area contributed by atoms with Crippen molar-refractivity contribution in [3.05, 3.63) is 65.2 Å². The topological polar surface area (TPSA) is 113 Å². The molecule has 3 rings (SSSR count). The first-order chi connectivity index (χ1) is 15.8. The van der Waals surface area contributed by atoms with Gasteiger partial charge in [-0.1, -0.05) is 54.1 Å². The fraction of sp³-hybridized carbons (Fsp3) is 0.375. The van der Waals surface area contributed by atoms with E-state index in [2.05, 4.69) is 4.90 Å². The second-order valence-electron chi connectivity index (χ2n) is 7.40. The van der Waals surface area contributed by atoms with E-state index in [1.807, 2.05) is 61.5 Å². The first-order valence-electron chi connectivity index (χ1n) is 10.6. The van der Waals surface area contributed by atoms with Crippen LogP contribution in [0.5, 0.6) is 5.75 Å². The summed E-state index contributed by atoms with van der Waals surface area (Å²) in [7, 11) is 0. The molecule has 1 saturated heterocycles. The predicted molar refractivity (Wildman–Crippen MR) is 123 cm³/mol. The fourth-order valence-corrected chi connectivity index (χ4v) is 3.83. The van der Waals surface area contributed by atoms with Crippen LogP contribution in [0.2, 0.25) is 5.02 Å². The summed E-state index contributed by atoms with van der Waals surface area (Å²) in [5.41, 5.74) is 0.507. The largest absolute Gasteiger partial charge is 0.491 e. The van der Waals surface area contributed by atoms with Gasteiger partial charge in [0.1, 0.15) is 12.4 Å². The predicted octanol–water partition coefficient (Wildman–Crippen LogP) is 3.47. The van der Waals surface area contributed by atoms with Crippen molar-refractivity contribution in [2.75, 3.05) is 32.8 Å². The van der Waals surface area contributed by atoms with Gasteiger partial charge in [0.15, 0.2) is 0 Å². The Morgan fingerprint density at radius 1 is 0.970 bits per heavy atom. The van der Waals surface area contributed by atoms with Gasteiger partial charge in [-0.05, 0) is 50.6 Å². The molecule has 0 aromatic heterocycles. The molecular formula is C24H28ClNO7. The molecule has 0 atom stereocenters. The van der Waals surface area contributed by atoms with Crippen LogP contribution >= 0.6 is 11.6 Å². The average Bonchev–Trinajstić information content (AvgIpc) is 2.82. The minimum atomic E-state index is -1.82. The van der Waals surface area contributed by atoms with Crippen molar-refractivity contribution in [1.82, 2.24) is 4.90 Å². The van der Waals surface area contributed by atoms with E-state index in [1.165, 1.54) is 0 Å². The van der Waals surface area contributed by atoms with Crippen LogP contribution in [0.15, 0.2) is 54.6 Å². The van der Waals surface area contributed by atoms with Gasteiger partial charge in [0.05, 0.1) is 17.0 Å². The van der Waals surface area contributed by atoms with E-state index < -0.39 is 17.4 Å². The van der Waals surface area contributed by atoms with Crippen molar-refractivity contribution >= 4 is 29.5 Å². The summed E-state index contributed by atoms with van der Waals surface area (Å²) in [6.45, 7) is 5.31. The Kier molecular flexibility index (Phi) is 10.2. The maximum Gasteiger partial charge on any atom is 0.414 e. The van der Waals surface area contributed by atoms with Crippen LogP contribution in [0.3, 0.4) is 0 Å². The summed E-state index contributed by atoms with van der Waals surface area (Å²) in [5.74, 6) is -3.05. The zero-order valence-corrected chi connectivity index (χ0v) is 19.2. The number of carbonyl (C=O) groups excluding carboxylic acids is 1. The highest BCUT2D eigenvalue weighted by molar-refractivity contribution is 6.32. The van der Waals surface area contributed by atoms with E-state index in [4.69, 9.17) is 40.9 Å². The zero-order chi connectivity index (χ0) is 24.3. The van der Waals surface area contributed by atoms with Crippen molar-refractivity contribution in [2.24, 2.45) is 0 Å². The molecule has 0 aliphatic carbocycles. The number of hydrogen-bond acceptors (Lipinski definition) is 6. The average molecular weight is 478 g/mol. The number of benzene rings is 2. The maximum atomic E-state index is 12.8. The van der Waals surface area contributed by atoms with Gasteiger partial charge in [0, 0.05) is 6.54 Å². The highest BCUT2D eigenvalue weighted by atomic mass is 35.5. The second-order valence-corrected chi connectivity index (χ2v) is 7.81. The van der Waals surface area contributed by atoms with Gasteiger partial charge in [0.2, 0.25) is 0 Å². The molecule has 0 spiro atoms. The lowest BCUT2D eigenvalue weighted by Gasteiger charge is -2.40. The van der Waals surface area contributed by atoms with Crippen LogP contribution in [0.1, 0.15) is 25.3 Å². The summed E-state index contributed by atoms with van der Waals surface area (Å²) in [4.78, 5) is 33.3. The number of carbonyl (C=O) groups is 3. The van der Waals surface area contributed by atoms with Crippen LogP contribution < -0.4 is 4.74 Å². The van der Waals surface area contributed by atoms with Crippen molar-refractivity contribution in [3.8, 4) is 5.75 Å². The fourth-order valence-electron chi connectivity index (χ4n) is 3.64. The molecule has 1 heterocycles. The van der Waals surface area contributed by atoms with E-state index in [9.17, 15) is 4.79 Å². The Balaban J connectivity index is 0.000000569. The molecule has 178 valence electrons. The highest BCUT2D eigenvalue weighted by Crippen LogP contribution is 2.37. The number of nitrogens with zero attached hydrogens (tertiary/aromatic N) is 1. The van der Waals surface area contributed by atoms with E-state index in [0.29, 0.717) is 24.0 Å². The Bertz CT molecular complexity index is 915. The number of halogens is 1. The summed E-state index contributed by atoms with van der Waals surface area (Å²) in [6.07, 6.45) is 1.50. The number of para-hydroxylation sites is 1. The van der Waals surface area contributed by atoms with Gasteiger partial charge in [-0.15, -0.1) is 0 Å². The van der Waals surface area contributed by atoms with Crippen molar-refractivity contribution in [2.45, 2.75) is 25.2 Å². The molecule has 1 aliphatic rings. The second kappa shape index (κ2) is 12.8. The lowest BCUT2D eigenvalue weighted by Crippen LogP contribution is -2.48. The van der Waals surface area contributed by atoms with Crippen molar-refractivity contribution < 1.29 is 34.1 Å². The number of esters is 1. The third-order valence-electron chi connectivity index (χ3n) is 5.39. The molecule has 8 nitrogen and oxygen atoms in total. The van der Waals surface area contributed by atoms with Gasteiger partial charge >= 0.3 is 17.9 Å². The number of carboxylic acid groups (broad SMARTS) is 2. The van der Waals surface area contributed by atoms with Crippen LogP contribution in [0.25, 0.3) is 0 Å². The maximum absolute atomic E-state index is 12.8. The first kappa shape index (κ1) is 26.2. The summed E-state index contributed by atoms with van der Waals surface area (Å²) >= 11 is 6.13. The van der Waals surface area contributed by atoms with Crippen LogP contribution in [-0.2, 0) is 24.5 Å². The normalized spacial score (nSPS) is 15.0. The number of carboxylic acids is 2. The van der Waals surface area contributed by atoms with Crippen LogP contribution in [0.4, 0.5) is 0 Å². The lowest BCUT2D eigenvalue weighted by atomic mass is 9.72. The molecule has 2 aromatic carbocycles. The third-order valence-corrected chi connectivity index (χ3v) is 5.70. The number of piperidine rings is 1. The molecule has 0 radical (unpaired) electrons. The first-order valence-corrected chi connectivity index (χ1v) is 11.0. The van der Waals surface area contributed by atoms with Gasteiger partial charge < -0.3 is 19.7 Å². The molecule has 33 heavy (non-hydrogen) atoms. The standard InChI is InChI=1S/C22H26ClNO3.C2H2O4/c1-2-26-21(25)22(18-8-4-3-5-9-18)12-14-24(15-13-22)16-17-27-20-11-7-6-10-19(20)23;3-1(4)2(5)6/h3-11H,2,12-17H2,1H3;(H,3,4)(H,5,6). The molecule has 0 amide bonds.